The lowest BCUT2D eigenvalue weighted by Gasteiger charge is -2.18. The number of hydrogen-bond acceptors (Lipinski definition) is 4. The summed E-state index contributed by atoms with van der Waals surface area (Å²) in [6, 6.07) is 11.9. The summed E-state index contributed by atoms with van der Waals surface area (Å²) in [5.74, 6) is -0.320. The van der Waals surface area contributed by atoms with Crippen molar-refractivity contribution in [1.29, 1.82) is 0 Å². The van der Waals surface area contributed by atoms with Crippen LogP contribution in [0.3, 0.4) is 0 Å². The van der Waals surface area contributed by atoms with Gasteiger partial charge < -0.3 is 9.64 Å². The second-order valence-corrected chi connectivity index (χ2v) is 8.25. The quantitative estimate of drug-likeness (QED) is 0.692. The fourth-order valence-electron chi connectivity index (χ4n) is 2.36. The molecule has 1 N–H and O–H groups in total. The fraction of sp³-hybridized carbons (Fsp3) is 0.350. The second kappa shape index (κ2) is 9.66. The number of sulfonamides is 1. The standard InChI is InChI=1S/C20H25FN2O4S/c1-4-15(2)22-28(25,26)18-11-9-17(10-12-18)27-14-20(24)23(3)13-16-7-5-6-8-19(16)21/h5-12,15,22H,4,13-14H2,1-3H3/t15-/m0/s1. The van der Waals surface area contributed by atoms with Gasteiger partial charge in [0.1, 0.15) is 11.6 Å². The van der Waals surface area contributed by atoms with E-state index in [0.29, 0.717) is 17.7 Å². The Labute approximate surface area is 165 Å². The van der Waals surface area contributed by atoms with E-state index in [4.69, 9.17) is 4.74 Å². The van der Waals surface area contributed by atoms with Crippen LogP contribution in [0, 0.1) is 5.82 Å². The van der Waals surface area contributed by atoms with E-state index in [0.717, 1.165) is 0 Å². The molecule has 0 heterocycles. The van der Waals surface area contributed by atoms with Crippen molar-refractivity contribution in [3.63, 3.8) is 0 Å². The van der Waals surface area contributed by atoms with Crippen molar-refractivity contribution < 1.29 is 22.3 Å². The Hall–Kier alpha value is -2.45. The molecule has 0 bridgehead atoms. The molecule has 0 spiro atoms. The molecule has 6 nitrogen and oxygen atoms in total. The van der Waals surface area contributed by atoms with E-state index in [9.17, 15) is 17.6 Å². The topological polar surface area (TPSA) is 75.7 Å². The molecule has 0 saturated carbocycles. The number of nitrogens with one attached hydrogen (secondary N) is 1. The first-order valence-corrected chi connectivity index (χ1v) is 10.4. The van der Waals surface area contributed by atoms with E-state index >= 15 is 0 Å². The molecule has 2 aromatic rings. The lowest BCUT2D eigenvalue weighted by atomic mass is 10.2. The van der Waals surface area contributed by atoms with Crippen molar-refractivity contribution in [1.82, 2.24) is 9.62 Å². The number of rotatable bonds is 9. The molecular weight excluding hydrogens is 383 g/mol. The summed E-state index contributed by atoms with van der Waals surface area (Å²) in [7, 11) is -2.02. The molecule has 0 fully saturated rings. The first-order chi connectivity index (χ1) is 13.2. The van der Waals surface area contributed by atoms with Gasteiger partial charge in [0.25, 0.3) is 5.91 Å². The predicted octanol–water partition coefficient (Wildman–Crippen LogP) is 2.94. The zero-order valence-electron chi connectivity index (χ0n) is 16.2. The average Bonchev–Trinajstić information content (AvgIpc) is 2.67. The number of amides is 1. The van der Waals surface area contributed by atoms with Gasteiger partial charge in [0.15, 0.2) is 6.61 Å². The maximum Gasteiger partial charge on any atom is 0.260 e. The maximum absolute atomic E-state index is 13.7. The third kappa shape index (κ3) is 6.03. The summed E-state index contributed by atoms with van der Waals surface area (Å²) in [6.45, 7) is 3.58. The van der Waals surface area contributed by atoms with Crippen molar-refractivity contribution in [3.8, 4) is 5.75 Å². The monoisotopic (exact) mass is 408 g/mol. The highest BCUT2D eigenvalue weighted by atomic mass is 32.2. The number of benzene rings is 2. The van der Waals surface area contributed by atoms with Gasteiger partial charge in [0, 0.05) is 25.2 Å². The van der Waals surface area contributed by atoms with Crippen LogP contribution in [0.4, 0.5) is 4.39 Å². The number of nitrogens with zero attached hydrogens (tertiary/aromatic N) is 1. The normalized spacial score (nSPS) is 12.4. The Kier molecular flexibility index (Phi) is 7.53. The van der Waals surface area contributed by atoms with Gasteiger partial charge in [0.05, 0.1) is 4.90 Å². The Bertz CT molecular complexity index is 901. The Morgan fingerprint density at radius 3 is 2.43 bits per heavy atom. The lowest BCUT2D eigenvalue weighted by Crippen LogP contribution is -2.32. The van der Waals surface area contributed by atoms with Crippen LogP contribution >= 0.6 is 0 Å². The van der Waals surface area contributed by atoms with Crippen LogP contribution in [-0.2, 0) is 21.4 Å². The van der Waals surface area contributed by atoms with E-state index in [1.165, 1.54) is 35.2 Å². The summed E-state index contributed by atoms with van der Waals surface area (Å²) >= 11 is 0. The first-order valence-electron chi connectivity index (χ1n) is 8.95. The molecule has 1 atom stereocenters. The SMILES string of the molecule is CC[C@H](C)NS(=O)(=O)c1ccc(OCC(=O)N(C)Cc2ccccc2F)cc1. The molecule has 0 aromatic heterocycles. The first kappa shape index (κ1) is 21.8. The van der Waals surface area contributed by atoms with Crippen LogP contribution in [0.15, 0.2) is 53.4 Å². The Balaban J connectivity index is 1.92. The third-order valence-corrected chi connectivity index (χ3v) is 5.86. The third-order valence-electron chi connectivity index (χ3n) is 4.26. The molecule has 0 aliphatic heterocycles. The molecule has 2 aromatic carbocycles. The minimum atomic E-state index is -3.59. The second-order valence-electron chi connectivity index (χ2n) is 6.53. The molecular formula is C20H25FN2O4S. The zero-order valence-corrected chi connectivity index (χ0v) is 17.0. The van der Waals surface area contributed by atoms with Gasteiger partial charge in [-0.3, -0.25) is 4.79 Å². The predicted molar refractivity (Wildman–Crippen MR) is 105 cm³/mol. The number of ether oxygens (including phenoxy) is 1. The van der Waals surface area contributed by atoms with E-state index in [1.54, 1.807) is 32.2 Å². The Morgan fingerprint density at radius 1 is 1.18 bits per heavy atom. The molecule has 0 aliphatic carbocycles. The van der Waals surface area contributed by atoms with E-state index < -0.39 is 10.0 Å². The van der Waals surface area contributed by atoms with E-state index in [-0.39, 0.29) is 35.8 Å². The van der Waals surface area contributed by atoms with Crippen molar-refractivity contribution in [2.24, 2.45) is 0 Å². The largest absolute Gasteiger partial charge is 0.484 e. The molecule has 0 aliphatic rings. The summed E-state index contributed by atoms with van der Waals surface area (Å²) < 4.78 is 46.1. The van der Waals surface area contributed by atoms with Gasteiger partial charge in [0.2, 0.25) is 10.0 Å². The molecule has 28 heavy (non-hydrogen) atoms. The van der Waals surface area contributed by atoms with Crippen LogP contribution in [0.5, 0.6) is 5.75 Å². The van der Waals surface area contributed by atoms with Crippen LogP contribution in [0.25, 0.3) is 0 Å². The number of hydrogen-bond donors (Lipinski definition) is 1. The Morgan fingerprint density at radius 2 is 1.82 bits per heavy atom. The minimum absolute atomic E-state index is 0.128. The van der Waals surface area contributed by atoms with Gasteiger partial charge in [-0.05, 0) is 43.7 Å². The van der Waals surface area contributed by atoms with Gasteiger partial charge >= 0.3 is 0 Å². The smallest absolute Gasteiger partial charge is 0.260 e. The van der Waals surface area contributed by atoms with E-state index in [2.05, 4.69) is 4.72 Å². The highest BCUT2D eigenvalue weighted by Gasteiger charge is 2.17. The summed E-state index contributed by atoms with van der Waals surface area (Å²) in [6.07, 6.45) is 0.683. The molecule has 0 radical (unpaired) electrons. The molecule has 8 heteroatoms. The maximum atomic E-state index is 13.7. The van der Waals surface area contributed by atoms with Crippen molar-refractivity contribution in [2.75, 3.05) is 13.7 Å². The van der Waals surface area contributed by atoms with Crippen molar-refractivity contribution in [3.05, 3.63) is 59.9 Å². The van der Waals surface area contributed by atoms with Crippen LogP contribution in [-0.4, -0.2) is 38.9 Å². The highest BCUT2D eigenvalue weighted by Crippen LogP contribution is 2.17. The van der Waals surface area contributed by atoms with Crippen molar-refractivity contribution in [2.45, 2.75) is 37.8 Å². The van der Waals surface area contributed by atoms with Crippen molar-refractivity contribution >= 4 is 15.9 Å². The number of carbonyl (C=O) groups is 1. The number of halogens is 1. The number of likely N-dealkylation sites (N-methyl/N-ethyl adjacent to an activating group) is 1. The summed E-state index contributed by atoms with van der Waals surface area (Å²) in [5, 5.41) is 0. The van der Waals surface area contributed by atoms with Gasteiger partial charge in [-0.2, -0.15) is 0 Å². The van der Waals surface area contributed by atoms with E-state index in [1.807, 2.05) is 6.92 Å². The van der Waals surface area contributed by atoms with Gasteiger partial charge in [-0.25, -0.2) is 17.5 Å². The zero-order chi connectivity index (χ0) is 20.7. The lowest BCUT2D eigenvalue weighted by molar-refractivity contribution is -0.132. The molecule has 0 saturated heterocycles. The minimum Gasteiger partial charge on any atom is -0.484 e. The molecule has 2 rings (SSSR count). The highest BCUT2D eigenvalue weighted by molar-refractivity contribution is 7.89. The fourth-order valence-corrected chi connectivity index (χ4v) is 3.68. The van der Waals surface area contributed by atoms with Crippen LogP contribution in [0.2, 0.25) is 0 Å². The average molecular weight is 408 g/mol. The number of carbonyl (C=O) groups excluding carboxylic acids is 1. The molecule has 152 valence electrons. The van der Waals surface area contributed by atoms with Gasteiger partial charge in [-0.1, -0.05) is 25.1 Å². The molecule has 1 amide bonds. The van der Waals surface area contributed by atoms with Crippen LogP contribution in [0.1, 0.15) is 25.8 Å². The summed E-state index contributed by atoms with van der Waals surface area (Å²) in [4.78, 5) is 13.7. The van der Waals surface area contributed by atoms with Gasteiger partial charge in [-0.15, -0.1) is 0 Å². The van der Waals surface area contributed by atoms with Crippen LogP contribution < -0.4 is 9.46 Å². The molecule has 0 unspecified atom stereocenters. The summed E-state index contributed by atoms with van der Waals surface area (Å²) in [5.41, 5.74) is 0.418.